The number of likely N-dealkylation sites (N-methyl/N-ethyl adjacent to an activating group) is 1. The molecule has 2 heterocycles. The van der Waals surface area contributed by atoms with Crippen molar-refractivity contribution in [3.63, 3.8) is 0 Å². The minimum absolute atomic E-state index is 0.0384. The molecule has 2 saturated carbocycles. The lowest BCUT2D eigenvalue weighted by Gasteiger charge is -2.31. The molecule has 2 aliphatic carbocycles. The quantitative estimate of drug-likeness (QED) is 0.207. The lowest BCUT2D eigenvalue weighted by atomic mass is 10.1. The molecule has 288 valence electrons. The van der Waals surface area contributed by atoms with Gasteiger partial charge in [-0.2, -0.15) is 0 Å². The van der Waals surface area contributed by atoms with Crippen LogP contribution in [0.5, 0.6) is 0 Å². The van der Waals surface area contributed by atoms with Gasteiger partial charge in [-0.25, -0.2) is 22.4 Å². The molecule has 4 aliphatic rings. The van der Waals surface area contributed by atoms with Crippen LogP contribution in [0.2, 0.25) is 0 Å². The molecule has 2 aliphatic heterocycles. The van der Waals surface area contributed by atoms with Crippen LogP contribution in [0.3, 0.4) is 0 Å². The fraction of sp³-hybridized carbons (Fsp3) is 0.543. The smallest absolute Gasteiger partial charge is 0.410 e. The minimum Gasteiger partial charge on any atom is -0.444 e. The van der Waals surface area contributed by atoms with Gasteiger partial charge in [-0.3, -0.25) is 28.8 Å². The number of fused-ring (bicyclic) bond motifs is 1. The number of nitrogens with zero attached hydrogens (tertiary/aromatic N) is 3. The predicted octanol–water partition coefficient (Wildman–Crippen LogP) is 1.45. The van der Waals surface area contributed by atoms with E-state index >= 15 is 0 Å². The van der Waals surface area contributed by atoms with Crippen LogP contribution in [0.15, 0.2) is 43.5 Å². The first-order chi connectivity index (χ1) is 24.8. The van der Waals surface area contributed by atoms with Gasteiger partial charge in [0.25, 0.3) is 5.91 Å². The Balaban J connectivity index is 1.40. The molecule has 16 nitrogen and oxygen atoms in total. The number of hydrogen-bond acceptors (Lipinski definition) is 10. The Morgan fingerprint density at radius 1 is 1.13 bits per heavy atom. The van der Waals surface area contributed by atoms with Crippen molar-refractivity contribution in [3.05, 3.63) is 60.5 Å². The molecule has 5 rings (SSSR count). The maximum absolute atomic E-state index is 14.4. The van der Waals surface area contributed by atoms with E-state index in [0.717, 1.165) is 15.9 Å². The van der Waals surface area contributed by atoms with Crippen molar-refractivity contribution < 1.29 is 51.0 Å². The molecule has 6 amide bonds. The van der Waals surface area contributed by atoms with E-state index in [-0.39, 0.29) is 39.0 Å². The SMILES string of the molecule is C=CC(=O)N(C)CC(NC(=O)OC(C)(C)C)C(=O)N1CC(OC(=O)N2Cc3cccc(F)c3C2)CC1C(=O)NC1(C(=O)NS(=O)(=O)C2CC2)CC1C=C. The highest BCUT2D eigenvalue weighted by atomic mass is 32.2. The fourth-order valence-electron chi connectivity index (χ4n) is 6.48. The van der Waals surface area contributed by atoms with Crippen molar-refractivity contribution in [2.45, 2.75) is 94.1 Å². The molecule has 1 saturated heterocycles. The summed E-state index contributed by atoms with van der Waals surface area (Å²) in [7, 11) is -2.60. The number of likely N-dealkylation sites (tertiary alicyclic amines) is 1. The van der Waals surface area contributed by atoms with Gasteiger partial charge in [-0.1, -0.05) is 24.8 Å². The second kappa shape index (κ2) is 14.8. The number of carbonyl (C=O) groups is 6. The maximum atomic E-state index is 14.4. The summed E-state index contributed by atoms with van der Waals surface area (Å²) in [5.41, 5.74) is -1.69. The van der Waals surface area contributed by atoms with Crippen LogP contribution in [0.4, 0.5) is 14.0 Å². The van der Waals surface area contributed by atoms with E-state index in [0.29, 0.717) is 24.0 Å². The molecular weight excluding hydrogens is 715 g/mol. The van der Waals surface area contributed by atoms with Gasteiger partial charge in [0.15, 0.2) is 0 Å². The van der Waals surface area contributed by atoms with Gasteiger partial charge in [0, 0.05) is 31.5 Å². The van der Waals surface area contributed by atoms with Crippen molar-refractivity contribution in [3.8, 4) is 0 Å². The predicted molar refractivity (Wildman–Crippen MR) is 186 cm³/mol. The Morgan fingerprint density at radius 3 is 2.42 bits per heavy atom. The molecule has 0 radical (unpaired) electrons. The average molecular weight is 761 g/mol. The van der Waals surface area contributed by atoms with Crippen LogP contribution in [0, 0.1) is 11.7 Å². The molecule has 0 aromatic heterocycles. The molecular formula is C35H45FN6O10S. The monoisotopic (exact) mass is 760 g/mol. The lowest BCUT2D eigenvalue weighted by molar-refractivity contribution is -0.142. The molecule has 0 bridgehead atoms. The Morgan fingerprint density at radius 2 is 1.83 bits per heavy atom. The third-order valence-electron chi connectivity index (χ3n) is 9.55. The maximum Gasteiger partial charge on any atom is 0.410 e. The van der Waals surface area contributed by atoms with Gasteiger partial charge in [-0.05, 0) is 57.7 Å². The van der Waals surface area contributed by atoms with Gasteiger partial charge in [0.1, 0.15) is 35.1 Å². The molecule has 5 unspecified atom stereocenters. The second-order valence-corrected chi connectivity index (χ2v) is 16.7. The highest BCUT2D eigenvalue weighted by Gasteiger charge is 2.62. The molecule has 3 fully saturated rings. The zero-order chi connectivity index (χ0) is 39.0. The Bertz CT molecular complexity index is 1830. The third-order valence-corrected chi connectivity index (χ3v) is 11.4. The lowest BCUT2D eigenvalue weighted by Crippen LogP contribution is -2.60. The van der Waals surface area contributed by atoms with Gasteiger partial charge >= 0.3 is 12.2 Å². The molecule has 1 aromatic rings. The molecule has 0 spiro atoms. The highest BCUT2D eigenvalue weighted by molar-refractivity contribution is 7.91. The summed E-state index contributed by atoms with van der Waals surface area (Å²) in [4.78, 5) is 84.0. The van der Waals surface area contributed by atoms with Crippen molar-refractivity contribution in [1.82, 2.24) is 30.1 Å². The van der Waals surface area contributed by atoms with Crippen LogP contribution in [-0.2, 0) is 51.8 Å². The van der Waals surface area contributed by atoms with Gasteiger partial charge < -0.3 is 29.9 Å². The highest BCUT2D eigenvalue weighted by Crippen LogP contribution is 2.45. The summed E-state index contributed by atoms with van der Waals surface area (Å²) in [6.45, 7) is 11.3. The number of carbonyl (C=O) groups excluding carboxylic acids is 6. The van der Waals surface area contributed by atoms with Crippen LogP contribution < -0.4 is 15.4 Å². The minimum atomic E-state index is -3.98. The van der Waals surface area contributed by atoms with E-state index in [1.807, 2.05) is 0 Å². The first-order valence-corrected chi connectivity index (χ1v) is 18.7. The van der Waals surface area contributed by atoms with Crippen molar-refractivity contribution in [2.24, 2.45) is 5.92 Å². The summed E-state index contributed by atoms with van der Waals surface area (Å²) in [5.74, 6) is -4.33. The number of amides is 6. The van der Waals surface area contributed by atoms with Gasteiger partial charge in [0.2, 0.25) is 27.7 Å². The molecule has 1 aromatic carbocycles. The Hall–Kier alpha value is -5.00. The van der Waals surface area contributed by atoms with E-state index in [9.17, 15) is 41.6 Å². The number of ether oxygens (including phenoxy) is 2. The summed E-state index contributed by atoms with van der Waals surface area (Å²) in [5, 5.41) is 4.40. The van der Waals surface area contributed by atoms with Crippen molar-refractivity contribution in [1.29, 1.82) is 0 Å². The van der Waals surface area contributed by atoms with E-state index in [2.05, 4.69) is 28.5 Å². The fourth-order valence-corrected chi connectivity index (χ4v) is 7.84. The number of nitrogens with one attached hydrogen (secondary N) is 3. The van der Waals surface area contributed by atoms with Gasteiger partial charge in [0.05, 0.1) is 24.9 Å². The largest absolute Gasteiger partial charge is 0.444 e. The molecule has 18 heteroatoms. The summed E-state index contributed by atoms with van der Waals surface area (Å²) in [6.07, 6.45) is 0.112. The topological polar surface area (TPSA) is 201 Å². The van der Waals surface area contributed by atoms with E-state index in [1.54, 1.807) is 26.8 Å². The third kappa shape index (κ3) is 8.80. The summed E-state index contributed by atoms with van der Waals surface area (Å²) < 4.78 is 52.8. The van der Waals surface area contributed by atoms with Crippen molar-refractivity contribution in [2.75, 3.05) is 20.1 Å². The number of alkyl carbamates (subject to hydrolysis) is 1. The zero-order valence-electron chi connectivity index (χ0n) is 30.1. The van der Waals surface area contributed by atoms with E-state index in [1.165, 1.54) is 30.2 Å². The van der Waals surface area contributed by atoms with Crippen LogP contribution >= 0.6 is 0 Å². The normalized spacial score (nSPS) is 23.9. The first kappa shape index (κ1) is 39.2. The van der Waals surface area contributed by atoms with E-state index in [4.69, 9.17) is 9.47 Å². The zero-order valence-corrected chi connectivity index (χ0v) is 30.9. The Labute approximate surface area is 307 Å². The summed E-state index contributed by atoms with van der Waals surface area (Å²) in [6, 6.07) is 1.63. The second-order valence-electron chi connectivity index (χ2n) is 14.8. The number of halogens is 1. The number of benzene rings is 1. The number of hydrogen-bond donors (Lipinski definition) is 3. The number of sulfonamides is 1. The molecule has 5 atom stereocenters. The standard InChI is InChI=1S/C35H45FN6O10S/c1-7-21-15-35(21,31(46)39-53(49,50)23-12-13-23)38-29(44)27-14-22(51-33(48)41-16-20-10-9-11-25(36)24(20)18-41)17-42(27)30(45)26(19-40(6)28(43)8-2)37-32(47)52-34(3,4)5/h7-11,21-23,26-27H,1-2,12-19H2,3-6H3,(H,37,47)(H,38,44)(H,39,46). The van der Waals surface area contributed by atoms with Gasteiger partial charge in [-0.15, -0.1) is 6.58 Å². The first-order valence-electron chi connectivity index (χ1n) is 17.2. The molecule has 3 N–H and O–H groups in total. The van der Waals surface area contributed by atoms with E-state index < -0.39 is 92.2 Å². The van der Waals surface area contributed by atoms with Crippen molar-refractivity contribution >= 4 is 45.8 Å². The molecule has 53 heavy (non-hydrogen) atoms. The van der Waals surface area contributed by atoms with Crippen LogP contribution in [0.25, 0.3) is 0 Å². The van der Waals surface area contributed by atoms with Crippen LogP contribution in [0.1, 0.15) is 57.6 Å². The average Bonchev–Trinajstić information content (AvgIpc) is 3.97. The Kier molecular flexibility index (Phi) is 10.9. The summed E-state index contributed by atoms with van der Waals surface area (Å²) >= 11 is 0. The van der Waals surface area contributed by atoms with Crippen LogP contribution in [-0.4, -0.2) is 114 Å². The number of rotatable bonds is 12.